The standard InChI is InChI=1S/C12H18BrN3/c1-8-4-3-5-16(9(8)2)12-11(14)6-10(13)7-15-12/h6-9H,3-5,14H2,1-2H3. The molecule has 0 spiro atoms. The monoisotopic (exact) mass is 283 g/mol. The van der Waals surface area contributed by atoms with Gasteiger partial charge in [-0.1, -0.05) is 6.92 Å². The molecule has 0 aromatic carbocycles. The van der Waals surface area contributed by atoms with Crippen molar-refractivity contribution in [1.29, 1.82) is 0 Å². The van der Waals surface area contributed by atoms with E-state index in [1.54, 1.807) is 0 Å². The number of nitrogens with zero attached hydrogens (tertiary/aromatic N) is 2. The third-order valence-electron chi connectivity index (χ3n) is 3.51. The third kappa shape index (κ3) is 2.17. The molecule has 1 aliphatic rings. The average Bonchev–Trinajstić information content (AvgIpc) is 2.23. The Morgan fingerprint density at radius 1 is 1.50 bits per heavy atom. The van der Waals surface area contributed by atoms with Crippen LogP contribution in [-0.4, -0.2) is 17.6 Å². The van der Waals surface area contributed by atoms with Gasteiger partial charge in [0.1, 0.15) is 0 Å². The summed E-state index contributed by atoms with van der Waals surface area (Å²) in [6.45, 7) is 5.61. The lowest BCUT2D eigenvalue weighted by molar-refractivity contribution is 0.362. The Morgan fingerprint density at radius 3 is 2.94 bits per heavy atom. The molecular formula is C12H18BrN3. The molecule has 2 heterocycles. The zero-order chi connectivity index (χ0) is 11.7. The molecule has 3 nitrogen and oxygen atoms in total. The largest absolute Gasteiger partial charge is 0.396 e. The second kappa shape index (κ2) is 4.62. The molecule has 2 unspecified atom stereocenters. The van der Waals surface area contributed by atoms with E-state index in [4.69, 9.17) is 5.73 Å². The van der Waals surface area contributed by atoms with Crippen molar-refractivity contribution in [2.24, 2.45) is 5.92 Å². The number of aromatic nitrogens is 1. The number of nitrogens with two attached hydrogens (primary N) is 1. The summed E-state index contributed by atoms with van der Waals surface area (Å²) >= 11 is 3.39. The van der Waals surface area contributed by atoms with Crippen LogP contribution in [0.3, 0.4) is 0 Å². The maximum absolute atomic E-state index is 6.03. The molecule has 2 atom stereocenters. The Bertz CT molecular complexity index is 381. The number of rotatable bonds is 1. The molecule has 2 N–H and O–H groups in total. The molecule has 1 saturated heterocycles. The zero-order valence-electron chi connectivity index (χ0n) is 9.78. The number of hydrogen-bond acceptors (Lipinski definition) is 3. The number of piperidine rings is 1. The number of halogens is 1. The van der Waals surface area contributed by atoms with Gasteiger partial charge in [-0.2, -0.15) is 0 Å². The first-order valence-corrected chi connectivity index (χ1v) is 6.56. The van der Waals surface area contributed by atoms with Crippen LogP contribution in [0.4, 0.5) is 11.5 Å². The van der Waals surface area contributed by atoms with Crippen molar-refractivity contribution < 1.29 is 0 Å². The topological polar surface area (TPSA) is 42.2 Å². The Labute approximate surface area is 105 Å². The van der Waals surface area contributed by atoms with Crippen LogP contribution in [0.25, 0.3) is 0 Å². The summed E-state index contributed by atoms with van der Waals surface area (Å²) in [5.74, 6) is 1.64. The molecule has 16 heavy (non-hydrogen) atoms. The van der Waals surface area contributed by atoms with E-state index < -0.39 is 0 Å². The highest BCUT2D eigenvalue weighted by Crippen LogP contribution is 2.31. The predicted molar refractivity (Wildman–Crippen MR) is 71.6 cm³/mol. The van der Waals surface area contributed by atoms with Crippen LogP contribution in [-0.2, 0) is 0 Å². The van der Waals surface area contributed by atoms with Crippen LogP contribution in [0, 0.1) is 5.92 Å². The van der Waals surface area contributed by atoms with Gasteiger partial charge in [0.15, 0.2) is 5.82 Å². The van der Waals surface area contributed by atoms with Gasteiger partial charge in [-0.3, -0.25) is 0 Å². The van der Waals surface area contributed by atoms with E-state index in [0.29, 0.717) is 12.0 Å². The molecule has 0 radical (unpaired) electrons. The maximum atomic E-state index is 6.03. The number of hydrogen-bond donors (Lipinski definition) is 1. The average molecular weight is 284 g/mol. The smallest absolute Gasteiger partial charge is 0.152 e. The first kappa shape index (κ1) is 11.7. The Balaban J connectivity index is 2.29. The predicted octanol–water partition coefficient (Wildman–Crippen LogP) is 3.05. The molecule has 1 fully saturated rings. The minimum Gasteiger partial charge on any atom is -0.396 e. The Kier molecular flexibility index (Phi) is 3.38. The van der Waals surface area contributed by atoms with Crippen molar-refractivity contribution in [2.75, 3.05) is 17.2 Å². The molecule has 1 aromatic rings. The van der Waals surface area contributed by atoms with Gasteiger partial charge < -0.3 is 10.6 Å². The fourth-order valence-corrected chi connectivity index (χ4v) is 2.67. The molecule has 0 bridgehead atoms. The lowest BCUT2D eigenvalue weighted by Gasteiger charge is -2.39. The van der Waals surface area contributed by atoms with E-state index in [2.05, 4.69) is 39.7 Å². The minimum absolute atomic E-state index is 0.518. The van der Waals surface area contributed by atoms with Gasteiger partial charge >= 0.3 is 0 Å². The van der Waals surface area contributed by atoms with Crippen molar-refractivity contribution in [3.8, 4) is 0 Å². The molecule has 2 rings (SSSR count). The van der Waals surface area contributed by atoms with Gasteiger partial charge in [-0.05, 0) is 47.7 Å². The van der Waals surface area contributed by atoms with E-state index in [-0.39, 0.29) is 0 Å². The van der Waals surface area contributed by atoms with Crippen molar-refractivity contribution in [2.45, 2.75) is 32.7 Å². The summed E-state index contributed by atoms with van der Waals surface area (Å²) in [6.07, 6.45) is 4.34. The van der Waals surface area contributed by atoms with Crippen LogP contribution < -0.4 is 10.6 Å². The van der Waals surface area contributed by atoms with Crippen LogP contribution in [0.2, 0.25) is 0 Å². The summed E-state index contributed by atoms with van der Waals surface area (Å²) in [6, 6.07) is 2.44. The van der Waals surface area contributed by atoms with Gasteiger partial charge in [-0.25, -0.2) is 4.98 Å². The quantitative estimate of drug-likeness (QED) is 0.861. The normalized spacial score (nSPS) is 25.8. The second-order valence-electron chi connectivity index (χ2n) is 4.62. The first-order valence-electron chi connectivity index (χ1n) is 5.77. The summed E-state index contributed by atoms with van der Waals surface area (Å²) < 4.78 is 0.937. The number of pyridine rings is 1. The maximum Gasteiger partial charge on any atom is 0.152 e. The van der Waals surface area contributed by atoms with E-state index in [0.717, 1.165) is 22.5 Å². The van der Waals surface area contributed by atoms with Gasteiger partial charge in [0.2, 0.25) is 0 Å². The summed E-state index contributed by atoms with van der Waals surface area (Å²) in [4.78, 5) is 6.77. The van der Waals surface area contributed by atoms with Crippen LogP contribution >= 0.6 is 15.9 Å². The molecule has 0 aliphatic carbocycles. The lowest BCUT2D eigenvalue weighted by Crippen LogP contribution is -2.43. The summed E-state index contributed by atoms with van der Waals surface area (Å²) in [5.41, 5.74) is 6.79. The fraction of sp³-hybridized carbons (Fsp3) is 0.583. The molecule has 88 valence electrons. The van der Waals surface area contributed by atoms with Crippen molar-refractivity contribution >= 4 is 27.4 Å². The molecular weight excluding hydrogens is 266 g/mol. The number of anilines is 2. The number of nitrogen functional groups attached to an aromatic ring is 1. The van der Waals surface area contributed by atoms with E-state index in [1.165, 1.54) is 12.8 Å². The lowest BCUT2D eigenvalue weighted by atomic mass is 9.92. The molecule has 1 aromatic heterocycles. The van der Waals surface area contributed by atoms with E-state index >= 15 is 0 Å². The van der Waals surface area contributed by atoms with E-state index in [1.807, 2.05) is 12.3 Å². The summed E-state index contributed by atoms with van der Waals surface area (Å²) in [5, 5.41) is 0. The highest BCUT2D eigenvalue weighted by Gasteiger charge is 2.26. The second-order valence-corrected chi connectivity index (χ2v) is 5.54. The van der Waals surface area contributed by atoms with E-state index in [9.17, 15) is 0 Å². The highest BCUT2D eigenvalue weighted by atomic mass is 79.9. The summed E-state index contributed by atoms with van der Waals surface area (Å²) in [7, 11) is 0. The highest BCUT2D eigenvalue weighted by molar-refractivity contribution is 9.10. The van der Waals surface area contributed by atoms with Gasteiger partial charge in [-0.15, -0.1) is 0 Å². The van der Waals surface area contributed by atoms with Crippen LogP contribution in [0.5, 0.6) is 0 Å². The Morgan fingerprint density at radius 2 is 2.25 bits per heavy atom. The van der Waals surface area contributed by atoms with Crippen molar-refractivity contribution in [3.63, 3.8) is 0 Å². The Hall–Kier alpha value is -0.770. The minimum atomic E-state index is 0.518. The molecule has 0 saturated carbocycles. The third-order valence-corrected chi connectivity index (χ3v) is 3.94. The van der Waals surface area contributed by atoms with Gasteiger partial charge in [0.25, 0.3) is 0 Å². The molecule has 0 amide bonds. The van der Waals surface area contributed by atoms with Crippen LogP contribution in [0.15, 0.2) is 16.7 Å². The van der Waals surface area contributed by atoms with Gasteiger partial charge in [0, 0.05) is 23.3 Å². The van der Waals surface area contributed by atoms with Crippen molar-refractivity contribution in [3.05, 3.63) is 16.7 Å². The SMILES string of the molecule is CC1CCCN(c2ncc(Br)cc2N)C1C. The molecule has 1 aliphatic heterocycles. The first-order chi connectivity index (χ1) is 7.59. The fourth-order valence-electron chi connectivity index (χ4n) is 2.32. The van der Waals surface area contributed by atoms with Crippen LogP contribution in [0.1, 0.15) is 26.7 Å². The van der Waals surface area contributed by atoms with Crippen molar-refractivity contribution in [1.82, 2.24) is 4.98 Å². The molecule has 4 heteroatoms. The zero-order valence-corrected chi connectivity index (χ0v) is 11.4. The van der Waals surface area contributed by atoms with Gasteiger partial charge in [0.05, 0.1) is 5.69 Å².